The van der Waals surface area contributed by atoms with Crippen LogP contribution in [0.1, 0.15) is 19.3 Å². The molecule has 2 aromatic rings. The Bertz CT molecular complexity index is 698. The van der Waals surface area contributed by atoms with Crippen LogP contribution in [0.2, 0.25) is 0 Å². The molecule has 1 spiro atoms. The standard InChI is InChI=1S/C18H23N5O2/c24-17(11-22-14-20-13-21-22)23(15-4-2-1-3-5-15)16-10-18(25-12-16)6-8-19-9-7-18/h1-5,13-14,16,19H,6-12H2/t16-/m1/s1. The van der Waals surface area contributed by atoms with Gasteiger partial charge in [-0.2, -0.15) is 5.10 Å². The van der Waals surface area contributed by atoms with Crippen LogP contribution in [0.5, 0.6) is 0 Å². The molecule has 2 aliphatic heterocycles. The zero-order chi connectivity index (χ0) is 17.1. The number of para-hydroxylation sites is 1. The number of rotatable bonds is 4. The predicted molar refractivity (Wildman–Crippen MR) is 93.1 cm³/mol. The average Bonchev–Trinajstić information content (AvgIpc) is 3.28. The van der Waals surface area contributed by atoms with Gasteiger partial charge >= 0.3 is 0 Å². The Balaban J connectivity index is 1.56. The van der Waals surface area contributed by atoms with Gasteiger partial charge in [-0.15, -0.1) is 0 Å². The predicted octanol–water partition coefficient (Wildman–Crippen LogP) is 1.22. The van der Waals surface area contributed by atoms with Gasteiger partial charge in [-0.1, -0.05) is 18.2 Å². The first kappa shape index (κ1) is 16.2. The van der Waals surface area contributed by atoms with E-state index in [0.717, 1.165) is 38.0 Å². The lowest BCUT2D eigenvalue weighted by Gasteiger charge is -2.34. The highest BCUT2D eigenvalue weighted by Crippen LogP contribution is 2.37. The lowest BCUT2D eigenvalue weighted by Crippen LogP contribution is -2.45. The molecule has 7 nitrogen and oxygen atoms in total. The summed E-state index contributed by atoms with van der Waals surface area (Å²) in [4.78, 5) is 18.8. The van der Waals surface area contributed by atoms with Crippen molar-refractivity contribution in [2.75, 3.05) is 24.6 Å². The molecule has 0 bridgehead atoms. The van der Waals surface area contributed by atoms with E-state index in [-0.39, 0.29) is 24.1 Å². The second-order valence-corrected chi connectivity index (χ2v) is 6.79. The molecular formula is C18H23N5O2. The van der Waals surface area contributed by atoms with Gasteiger partial charge in [-0.25, -0.2) is 9.67 Å². The van der Waals surface area contributed by atoms with Gasteiger partial charge in [0.15, 0.2) is 0 Å². The van der Waals surface area contributed by atoms with Crippen LogP contribution in [-0.2, 0) is 16.1 Å². The van der Waals surface area contributed by atoms with Crippen molar-refractivity contribution in [2.45, 2.75) is 37.5 Å². The summed E-state index contributed by atoms with van der Waals surface area (Å²) in [6, 6.07) is 9.89. The molecule has 1 aromatic carbocycles. The maximum atomic E-state index is 13.0. The van der Waals surface area contributed by atoms with Crippen molar-refractivity contribution in [3.8, 4) is 0 Å². The van der Waals surface area contributed by atoms with E-state index in [1.54, 1.807) is 11.0 Å². The van der Waals surface area contributed by atoms with E-state index in [1.165, 1.54) is 6.33 Å². The summed E-state index contributed by atoms with van der Waals surface area (Å²) in [5, 5.41) is 7.45. The molecule has 2 aliphatic rings. The third-order valence-electron chi connectivity index (χ3n) is 5.14. The number of anilines is 1. The van der Waals surface area contributed by atoms with Crippen LogP contribution in [0.15, 0.2) is 43.0 Å². The van der Waals surface area contributed by atoms with Gasteiger partial charge < -0.3 is 15.0 Å². The number of hydrogen-bond donors (Lipinski definition) is 1. The number of amides is 1. The molecule has 2 fully saturated rings. The fourth-order valence-electron chi connectivity index (χ4n) is 3.89. The molecule has 3 heterocycles. The first-order valence-corrected chi connectivity index (χ1v) is 8.80. The Hall–Kier alpha value is -2.25. The van der Waals surface area contributed by atoms with E-state index in [4.69, 9.17) is 4.74 Å². The summed E-state index contributed by atoms with van der Waals surface area (Å²) in [6.45, 7) is 2.72. The van der Waals surface area contributed by atoms with Crippen LogP contribution in [-0.4, -0.2) is 52.0 Å². The number of hydrogen-bond acceptors (Lipinski definition) is 5. The Morgan fingerprint density at radius 3 is 2.84 bits per heavy atom. The molecule has 0 aliphatic carbocycles. The molecule has 4 rings (SSSR count). The number of nitrogens with one attached hydrogen (secondary N) is 1. The summed E-state index contributed by atoms with van der Waals surface area (Å²) >= 11 is 0. The van der Waals surface area contributed by atoms with E-state index >= 15 is 0 Å². The van der Waals surface area contributed by atoms with Crippen molar-refractivity contribution in [3.05, 3.63) is 43.0 Å². The number of nitrogens with zero attached hydrogens (tertiary/aromatic N) is 4. The van der Waals surface area contributed by atoms with E-state index < -0.39 is 0 Å². The van der Waals surface area contributed by atoms with Crippen molar-refractivity contribution in [1.29, 1.82) is 0 Å². The smallest absolute Gasteiger partial charge is 0.249 e. The van der Waals surface area contributed by atoms with Gasteiger partial charge in [0.2, 0.25) is 5.91 Å². The minimum atomic E-state index is -0.0868. The van der Waals surface area contributed by atoms with Crippen molar-refractivity contribution in [3.63, 3.8) is 0 Å². The topological polar surface area (TPSA) is 72.3 Å². The van der Waals surface area contributed by atoms with Crippen molar-refractivity contribution >= 4 is 11.6 Å². The highest BCUT2D eigenvalue weighted by Gasteiger charge is 2.44. The number of piperidine rings is 1. The fraction of sp³-hybridized carbons (Fsp3) is 0.500. The van der Waals surface area contributed by atoms with Gasteiger partial charge in [0.25, 0.3) is 0 Å². The zero-order valence-electron chi connectivity index (χ0n) is 14.2. The summed E-state index contributed by atoms with van der Waals surface area (Å²) in [5.74, 6) is 0.0104. The number of carbonyl (C=O) groups excluding carboxylic acids is 1. The Labute approximate surface area is 147 Å². The van der Waals surface area contributed by atoms with Crippen LogP contribution in [0, 0.1) is 0 Å². The zero-order valence-corrected chi connectivity index (χ0v) is 14.2. The number of carbonyl (C=O) groups is 1. The van der Waals surface area contributed by atoms with Gasteiger partial charge in [-0.05, 0) is 44.5 Å². The van der Waals surface area contributed by atoms with Crippen LogP contribution < -0.4 is 10.2 Å². The molecule has 0 saturated carbocycles. The highest BCUT2D eigenvalue weighted by molar-refractivity contribution is 5.93. The number of aromatic nitrogens is 3. The molecule has 1 aromatic heterocycles. The third-order valence-corrected chi connectivity index (χ3v) is 5.14. The van der Waals surface area contributed by atoms with Crippen LogP contribution in [0.4, 0.5) is 5.69 Å². The Morgan fingerprint density at radius 2 is 2.12 bits per heavy atom. The Kier molecular flexibility index (Phi) is 4.50. The molecule has 1 N–H and O–H groups in total. The lowest BCUT2D eigenvalue weighted by molar-refractivity contribution is -0.119. The molecule has 1 amide bonds. The molecule has 1 atom stereocenters. The second kappa shape index (κ2) is 6.93. The maximum Gasteiger partial charge on any atom is 0.249 e. The first-order chi connectivity index (χ1) is 12.3. The number of ether oxygens (including phenoxy) is 1. The summed E-state index contributed by atoms with van der Waals surface area (Å²) in [5.41, 5.74) is 0.823. The van der Waals surface area contributed by atoms with Crippen molar-refractivity contribution in [1.82, 2.24) is 20.1 Å². The van der Waals surface area contributed by atoms with Crippen LogP contribution in [0.25, 0.3) is 0 Å². The SMILES string of the molecule is O=C(Cn1cncn1)N(c1ccccc1)[C@H]1COC2(CCNCC2)C1. The molecule has 7 heteroatoms. The molecule has 2 saturated heterocycles. The molecule has 0 unspecified atom stereocenters. The largest absolute Gasteiger partial charge is 0.373 e. The summed E-state index contributed by atoms with van der Waals surface area (Å²) in [7, 11) is 0. The highest BCUT2D eigenvalue weighted by atomic mass is 16.5. The first-order valence-electron chi connectivity index (χ1n) is 8.80. The van der Waals surface area contributed by atoms with Crippen molar-refractivity contribution < 1.29 is 9.53 Å². The lowest BCUT2D eigenvalue weighted by atomic mass is 9.88. The van der Waals surface area contributed by atoms with Gasteiger partial charge in [0.1, 0.15) is 19.2 Å². The third kappa shape index (κ3) is 3.43. The van der Waals surface area contributed by atoms with Crippen LogP contribution >= 0.6 is 0 Å². The molecular weight excluding hydrogens is 318 g/mol. The van der Waals surface area contributed by atoms with Gasteiger partial charge in [0, 0.05) is 5.69 Å². The average molecular weight is 341 g/mol. The summed E-state index contributed by atoms with van der Waals surface area (Å²) < 4.78 is 7.78. The molecule has 0 radical (unpaired) electrons. The Morgan fingerprint density at radius 1 is 1.32 bits per heavy atom. The van der Waals surface area contributed by atoms with Gasteiger partial charge in [-0.3, -0.25) is 4.79 Å². The second-order valence-electron chi connectivity index (χ2n) is 6.79. The fourth-order valence-corrected chi connectivity index (χ4v) is 3.89. The minimum Gasteiger partial charge on any atom is -0.373 e. The van der Waals surface area contributed by atoms with E-state index in [9.17, 15) is 4.79 Å². The van der Waals surface area contributed by atoms with Gasteiger partial charge in [0.05, 0.1) is 18.2 Å². The van der Waals surface area contributed by atoms with E-state index in [2.05, 4.69) is 15.4 Å². The van der Waals surface area contributed by atoms with Crippen LogP contribution in [0.3, 0.4) is 0 Å². The minimum absolute atomic E-state index is 0.0104. The number of benzene rings is 1. The van der Waals surface area contributed by atoms with E-state index in [0.29, 0.717) is 6.61 Å². The quantitative estimate of drug-likeness (QED) is 0.905. The normalized spacial score (nSPS) is 22.2. The maximum absolute atomic E-state index is 13.0. The summed E-state index contributed by atoms with van der Waals surface area (Å²) in [6.07, 6.45) is 5.91. The van der Waals surface area contributed by atoms with Crippen molar-refractivity contribution in [2.24, 2.45) is 0 Å². The molecule has 25 heavy (non-hydrogen) atoms. The molecule has 132 valence electrons. The van der Waals surface area contributed by atoms with E-state index in [1.807, 2.05) is 35.2 Å². The monoisotopic (exact) mass is 341 g/mol.